The standard InChI is InChI=1S/C27H27BrN2O2/c1-17(2)20-8-10-21(11-9-20)26-27(32)29(25-18(3)6-5-7-19(25)4)16-24(31)30(26)23-14-12-22(28)13-15-23/h5-15,17,26H,16H2,1-4H3/t26-/m1/s1. The van der Waals surface area contributed by atoms with E-state index in [0.717, 1.165) is 26.9 Å². The Morgan fingerprint density at radius 1 is 0.875 bits per heavy atom. The van der Waals surface area contributed by atoms with Gasteiger partial charge in [0.15, 0.2) is 0 Å². The van der Waals surface area contributed by atoms with Crippen LogP contribution in [0.15, 0.2) is 71.2 Å². The van der Waals surface area contributed by atoms with Gasteiger partial charge in [-0.05, 0) is 66.3 Å². The van der Waals surface area contributed by atoms with Crippen LogP contribution in [0.4, 0.5) is 11.4 Å². The number of hydrogen-bond acceptors (Lipinski definition) is 2. The molecule has 1 fully saturated rings. The molecular formula is C27H27BrN2O2. The van der Waals surface area contributed by atoms with Gasteiger partial charge >= 0.3 is 0 Å². The summed E-state index contributed by atoms with van der Waals surface area (Å²) < 4.78 is 0.923. The Hall–Kier alpha value is -2.92. The van der Waals surface area contributed by atoms with Gasteiger partial charge in [0, 0.05) is 10.2 Å². The van der Waals surface area contributed by atoms with Gasteiger partial charge in [-0.15, -0.1) is 0 Å². The summed E-state index contributed by atoms with van der Waals surface area (Å²) >= 11 is 3.46. The van der Waals surface area contributed by atoms with Gasteiger partial charge in [0.25, 0.3) is 5.91 Å². The highest BCUT2D eigenvalue weighted by atomic mass is 79.9. The molecule has 32 heavy (non-hydrogen) atoms. The molecule has 164 valence electrons. The molecule has 1 aliphatic rings. The minimum absolute atomic E-state index is 0.0150. The van der Waals surface area contributed by atoms with Crippen molar-refractivity contribution in [3.05, 3.63) is 93.5 Å². The molecule has 0 aliphatic carbocycles. The van der Waals surface area contributed by atoms with Gasteiger partial charge in [0.05, 0.1) is 5.69 Å². The lowest BCUT2D eigenvalue weighted by atomic mass is 9.95. The smallest absolute Gasteiger partial charge is 0.255 e. The lowest BCUT2D eigenvalue weighted by molar-refractivity contribution is -0.128. The summed E-state index contributed by atoms with van der Waals surface area (Å²) in [6, 6.07) is 20.8. The number of carbonyl (C=O) groups excluding carboxylic acids is 2. The van der Waals surface area contributed by atoms with E-state index in [1.807, 2.05) is 68.4 Å². The van der Waals surface area contributed by atoms with E-state index >= 15 is 0 Å². The van der Waals surface area contributed by atoms with Crippen molar-refractivity contribution < 1.29 is 9.59 Å². The summed E-state index contributed by atoms with van der Waals surface area (Å²) in [6.07, 6.45) is 0. The highest BCUT2D eigenvalue weighted by Gasteiger charge is 2.42. The van der Waals surface area contributed by atoms with Crippen molar-refractivity contribution in [3.63, 3.8) is 0 Å². The van der Waals surface area contributed by atoms with E-state index < -0.39 is 6.04 Å². The number of anilines is 2. The molecule has 1 saturated heterocycles. The van der Waals surface area contributed by atoms with Crippen LogP contribution in [0.3, 0.4) is 0 Å². The van der Waals surface area contributed by atoms with Crippen LogP contribution in [0.1, 0.15) is 48.1 Å². The Morgan fingerprint density at radius 3 is 2.03 bits per heavy atom. The molecule has 0 saturated carbocycles. The van der Waals surface area contributed by atoms with Crippen molar-refractivity contribution in [2.24, 2.45) is 0 Å². The summed E-state index contributed by atoms with van der Waals surface area (Å²) in [5.74, 6) is 0.191. The van der Waals surface area contributed by atoms with E-state index in [4.69, 9.17) is 0 Å². The van der Waals surface area contributed by atoms with Gasteiger partial charge < -0.3 is 4.90 Å². The van der Waals surface area contributed by atoms with Crippen LogP contribution in [0.25, 0.3) is 0 Å². The van der Waals surface area contributed by atoms with Gasteiger partial charge in [-0.1, -0.05) is 72.2 Å². The Labute approximate surface area is 198 Å². The summed E-state index contributed by atoms with van der Waals surface area (Å²) in [7, 11) is 0. The molecule has 0 unspecified atom stereocenters. The lowest BCUT2D eigenvalue weighted by Crippen LogP contribution is -2.56. The van der Waals surface area contributed by atoms with Crippen molar-refractivity contribution in [1.82, 2.24) is 0 Å². The molecule has 1 atom stereocenters. The Kier molecular flexibility index (Phi) is 6.20. The summed E-state index contributed by atoms with van der Waals surface area (Å²) in [6.45, 7) is 8.25. The highest BCUT2D eigenvalue weighted by Crippen LogP contribution is 2.37. The molecule has 4 nitrogen and oxygen atoms in total. The van der Waals surface area contributed by atoms with Crippen LogP contribution in [0.2, 0.25) is 0 Å². The number of amides is 2. The normalized spacial score (nSPS) is 16.8. The topological polar surface area (TPSA) is 40.6 Å². The molecule has 0 N–H and O–H groups in total. The zero-order chi connectivity index (χ0) is 23.0. The maximum atomic E-state index is 14.0. The Balaban J connectivity index is 1.84. The number of nitrogens with zero attached hydrogens (tertiary/aromatic N) is 2. The molecule has 0 aromatic heterocycles. The molecule has 5 heteroatoms. The van der Waals surface area contributed by atoms with Gasteiger partial charge in [0.2, 0.25) is 5.91 Å². The van der Waals surface area contributed by atoms with Gasteiger partial charge in [-0.2, -0.15) is 0 Å². The van der Waals surface area contributed by atoms with Crippen LogP contribution in [0, 0.1) is 13.8 Å². The highest BCUT2D eigenvalue weighted by molar-refractivity contribution is 9.10. The predicted octanol–water partition coefficient (Wildman–Crippen LogP) is 6.31. The van der Waals surface area contributed by atoms with Crippen LogP contribution in [-0.4, -0.2) is 18.4 Å². The molecule has 3 aromatic rings. The van der Waals surface area contributed by atoms with Crippen molar-refractivity contribution >= 4 is 39.1 Å². The minimum Gasteiger partial charge on any atom is -0.300 e. The van der Waals surface area contributed by atoms with E-state index in [0.29, 0.717) is 11.6 Å². The van der Waals surface area contributed by atoms with Gasteiger partial charge in [-0.25, -0.2) is 0 Å². The van der Waals surface area contributed by atoms with Gasteiger partial charge in [0.1, 0.15) is 12.6 Å². The minimum atomic E-state index is -0.724. The number of piperazine rings is 1. The van der Waals surface area contributed by atoms with E-state index in [-0.39, 0.29) is 18.4 Å². The third-order valence-electron chi connectivity index (χ3n) is 6.05. The number of halogens is 1. The SMILES string of the molecule is Cc1cccc(C)c1N1CC(=O)N(c2ccc(Br)cc2)[C@H](c2ccc(C(C)C)cc2)C1=O. The number of aryl methyl sites for hydroxylation is 2. The first-order chi connectivity index (χ1) is 15.3. The fraction of sp³-hybridized carbons (Fsp3) is 0.259. The zero-order valence-electron chi connectivity index (χ0n) is 18.8. The fourth-order valence-electron chi connectivity index (χ4n) is 4.36. The number of benzene rings is 3. The molecular weight excluding hydrogens is 464 g/mol. The zero-order valence-corrected chi connectivity index (χ0v) is 20.4. The van der Waals surface area contributed by atoms with Crippen molar-refractivity contribution in [2.45, 2.75) is 39.7 Å². The largest absolute Gasteiger partial charge is 0.300 e. The molecule has 2 amide bonds. The second kappa shape index (κ2) is 8.91. The Bertz CT molecular complexity index is 1130. The first-order valence-electron chi connectivity index (χ1n) is 10.8. The second-order valence-corrected chi connectivity index (χ2v) is 9.54. The predicted molar refractivity (Wildman–Crippen MR) is 133 cm³/mol. The van der Waals surface area contributed by atoms with E-state index in [2.05, 4.69) is 41.9 Å². The second-order valence-electron chi connectivity index (χ2n) is 8.63. The maximum Gasteiger partial charge on any atom is 0.255 e. The molecule has 0 radical (unpaired) electrons. The van der Waals surface area contributed by atoms with E-state index in [1.165, 1.54) is 5.56 Å². The number of carbonyl (C=O) groups is 2. The van der Waals surface area contributed by atoms with Gasteiger partial charge in [-0.3, -0.25) is 14.5 Å². The average molecular weight is 491 g/mol. The number of hydrogen-bond donors (Lipinski definition) is 0. The first kappa shape index (κ1) is 22.3. The van der Waals surface area contributed by atoms with Crippen molar-refractivity contribution in [1.29, 1.82) is 0 Å². The van der Waals surface area contributed by atoms with Crippen molar-refractivity contribution in [2.75, 3.05) is 16.3 Å². The van der Waals surface area contributed by atoms with Crippen LogP contribution in [-0.2, 0) is 9.59 Å². The van der Waals surface area contributed by atoms with Crippen LogP contribution >= 0.6 is 15.9 Å². The summed E-state index contributed by atoms with van der Waals surface area (Å²) in [5, 5.41) is 0. The fourth-order valence-corrected chi connectivity index (χ4v) is 4.63. The third kappa shape index (κ3) is 4.09. The van der Waals surface area contributed by atoms with Crippen molar-refractivity contribution in [3.8, 4) is 0 Å². The quantitative estimate of drug-likeness (QED) is 0.429. The first-order valence-corrected chi connectivity index (χ1v) is 11.6. The molecule has 0 spiro atoms. The third-order valence-corrected chi connectivity index (χ3v) is 6.58. The van der Waals surface area contributed by atoms with Crippen LogP contribution in [0.5, 0.6) is 0 Å². The maximum absolute atomic E-state index is 14.0. The molecule has 1 aliphatic heterocycles. The molecule has 3 aromatic carbocycles. The Morgan fingerprint density at radius 2 is 1.47 bits per heavy atom. The van der Waals surface area contributed by atoms with E-state index in [9.17, 15) is 9.59 Å². The number of para-hydroxylation sites is 1. The average Bonchev–Trinajstić information content (AvgIpc) is 2.76. The monoisotopic (exact) mass is 490 g/mol. The molecule has 4 rings (SSSR count). The van der Waals surface area contributed by atoms with Crippen LogP contribution < -0.4 is 9.80 Å². The molecule has 0 bridgehead atoms. The lowest BCUT2D eigenvalue weighted by Gasteiger charge is -2.41. The molecule has 1 heterocycles. The van der Waals surface area contributed by atoms with E-state index in [1.54, 1.807) is 9.80 Å². The summed E-state index contributed by atoms with van der Waals surface area (Å²) in [4.78, 5) is 30.8. The number of rotatable bonds is 4. The summed E-state index contributed by atoms with van der Waals surface area (Å²) in [5.41, 5.74) is 5.52.